The minimum Gasteiger partial charge on any atom is -0.493 e. The molecule has 404 valence electrons. The lowest BCUT2D eigenvalue weighted by Gasteiger charge is -2.20. The smallest absolute Gasteiger partial charge is 0.257 e. The van der Waals surface area contributed by atoms with Crippen LogP contribution in [-0.2, 0) is 46.5 Å². The van der Waals surface area contributed by atoms with Crippen molar-refractivity contribution in [2.45, 2.75) is 51.0 Å². The van der Waals surface area contributed by atoms with Crippen molar-refractivity contribution >= 4 is 69.3 Å². The first kappa shape index (κ1) is 56.6. The first-order valence-corrected chi connectivity index (χ1v) is 26.1. The summed E-state index contributed by atoms with van der Waals surface area (Å²) in [5.74, 6) is 6.88. The number of methoxy groups -OCH3 is 2. The number of nitrogens with one attached hydrogen (secondary N) is 3. The summed E-state index contributed by atoms with van der Waals surface area (Å²) in [6.07, 6.45) is 5.21. The number of carbonyl (C=O) groups is 5. The van der Waals surface area contributed by atoms with E-state index in [4.69, 9.17) is 37.9 Å². The number of amides is 5. The number of benzene rings is 3. The summed E-state index contributed by atoms with van der Waals surface area (Å²) in [7, 11) is 3.03. The molecule has 0 aliphatic carbocycles. The number of hydrogen-bond donors (Lipinski definition) is 3. The Balaban J connectivity index is 0.885. The van der Waals surface area contributed by atoms with Crippen LogP contribution in [0.25, 0.3) is 0 Å². The maximum absolute atomic E-state index is 13.6. The van der Waals surface area contributed by atoms with Gasteiger partial charge in [-0.2, -0.15) is 0 Å². The van der Waals surface area contributed by atoms with E-state index in [1.165, 1.54) is 14.2 Å². The van der Waals surface area contributed by atoms with Crippen LogP contribution in [0.2, 0.25) is 0 Å². The molecule has 0 saturated carbocycles. The second-order valence-corrected chi connectivity index (χ2v) is 18.5. The van der Waals surface area contributed by atoms with E-state index in [-0.39, 0.29) is 92.7 Å². The van der Waals surface area contributed by atoms with Crippen LogP contribution in [0.15, 0.2) is 76.8 Å². The third-order valence-electron chi connectivity index (χ3n) is 12.3. The van der Waals surface area contributed by atoms with Crippen LogP contribution >= 0.6 is 15.9 Å². The molecule has 3 N–H and O–H groups in total. The predicted molar refractivity (Wildman–Crippen MR) is 287 cm³/mol. The maximum Gasteiger partial charge on any atom is 0.257 e. The zero-order chi connectivity index (χ0) is 53.8. The molecule has 4 aliphatic rings. The van der Waals surface area contributed by atoms with Crippen LogP contribution in [0.3, 0.4) is 0 Å². The molecule has 0 aromatic heterocycles. The molecule has 3 aromatic rings. The van der Waals surface area contributed by atoms with Gasteiger partial charge in [-0.05, 0) is 54.3 Å². The third-order valence-corrected chi connectivity index (χ3v) is 12.8. The van der Waals surface area contributed by atoms with E-state index in [1.54, 1.807) is 46.5 Å². The molecule has 2 unspecified atom stereocenters. The average Bonchev–Trinajstić information content (AvgIpc) is 3.93. The predicted octanol–water partition coefficient (Wildman–Crippen LogP) is 4.78. The third kappa shape index (κ3) is 16.2. The first-order valence-electron chi connectivity index (χ1n) is 24.9. The van der Waals surface area contributed by atoms with Crippen molar-refractivity contribution < 1.29 is 61.9 Å². The highest BCUT2D eigenvalue weighted by Crippen LogP contribution is 2.40. The van der Waals surface area contributed by atoms with Crippen LogP contribution in [0.5, 0.6) is 23.0 Å². The number of halogens is 1. The number of alkyl halides is 1. The minimum atomic E-state index is -0.224. The van der Waals surface area contributed by atoms with Gasteiger partial charge in [-0.3, -0.25) is 34.0 Å². The highest BCUT2D eigenvalue weighted by atomic mass is 79.9. The van der Waals surface area contributed by atoms with Crippen LogP contribution in [-0.4, -0.2) is 169 Å². The SMILES string of the molecule is C=C1CC2C=Nc3cc(OCc4cc(C#CCNC(=O)CCOCCOCCOCCOCCNC(=O)CCNC(=O)CBr)cc(COc5cc6c(cc5OC)C(=O)N5CC(=C)CC5C=N6)c4)c(OC)cc3C(=O)N2C1. The number of fused-ring (bicyclic) bond motifs is 4. The van der Waals surface area contributed by atoms with Gasteiger partial charge in [0.05, 0.1) is 114 Å². The van der Waals surface area contributed by atoms with E-state index in [0.717, 1.165) is 22.3 Å². The number of carbonyl (C=O) groups excluding carboxylic acids is 5. The Hall–Kier alpha value is -7.09. The van der Waals surface area contributed by atoms with Crippen LogP contribution in [0.1, 0.15) is 63.1 Å². The van der Waals surface area contributed by atoms with Crippen LogP contribution < -0.4 is 34.9 Å². The van der Waals surface area contributed by atoms with Gasteiger partial charge in [0.25, 0.3) is 11.8 Å². The topological polar surface area (TPSA) is 226 Å². The van der Waals surface area contributed by atoms with E-state index in [1.807, 2.05) is 18.2 Å². The van der Waals surface area contributed by atoms with E-state index in [2.05, 4.69) is 66.9 Å². The largest absolute Gasteiger partial charge is 0.493 e. The van der Waals surface area contributed by atoms with Crippen LogP contribution in [0, 0.1) is 11.8 Å². The monoisotopic (exact) mass is 1110 g/mol. The molecule has 2 fully saturated rings. The molecule has 4 aliphatic heterocycles. The Morgan fingerprint density at radius 3 is 1.62 bits per heavy atom. The summed E-state index contributed by atoms with van der Waals surface area (Å²) in [5, 5.41) is 8.34. The molecule has 21 heteroatoms. The molecule has 4 heterocycles. The lowest BCUT2D eigenvalue weighted by Crippen LogP contribution is -2.35. The summed E-state index contributed by atoms with van der Waals surface area (Å²) in [4.78, 5) is 75.6. The molecule has 2 saturated heterocycles. The number of hydrogen-bond acceptors (Lipinski definition) is 15. The molecule has 0 bridgehead atoms. The Labute approximate surface area is 450 Å². The van der Waals surface area contributed by atoms with E-state index in [9.17, 15) is 24.0 Å². The van der Waals surface area contributed by atoms with Gasteiger partial charge in [-0.15, -0.1) is 0 Å². The molecule has 0 radical (unpaired) electrons. The van der Waals surface area contributed by atoms with Crippen molar-refractivity contribution in [2.24, 2.45) is 9.98 Å². The summed E-state index contributed by atoms with van der Waals surface area (Å²) in [6, 6.07) is 12.1. The number of rotatable bonds is 28. The standard InChI is InChI=1S/C55H64BrN7O13/c1-36-20-41-30-60-45-27-49(47(69-3)25-43(45)54(67)62(41)32-36)75-34-39-22-38(23-40(24-39)35-76-50-28-46-44(26-48(50)70-4)55(68)63-33-37(2)21-42(63)31-61-46)6-5-9-57-52(65)8-12-71-14-16-73-18-19-74-17-15-72-13-11-59-51(64)7-10-58-53(66)29-56/h22-28,30-31,41-42H,1-2,7-21,29,32-35H2,3-4H3,(H,57,65)(H,58,66)(H,59,64). The molecule has 2 atom stereocenters. The normalized spacial score (nSPS) is 16.1. The molecule has 5 amide bonds. The molecule has 7 rings (SSSR count). The lowest BCUT2D eigenvalue weighted by molar-refractivity contribution is -0.123. The van der Waals surface area contributed by atoms with Crippen molar-refractivity contribution in [1.29, 1.82) is 0 Å². The highest BCUT2D eigenvalue weighted by Gasteiger charge is 2.36. The van der Waals surface area contributed by atoms with Gasteiger partial charge in [0.15, 0.2) is 23.0 Å². The summed E-state index contributed by atoms with van der Waals surface area (Å²) >= 11 is 3.05. The van der Waals surface area contributed by atoms with Gasteiger partial charge < -0.3 is 63.6 Å². The molecule has 3 aromatic carbocycles. The van der Waals surface area contributed by atoms with Crippen molar-refractivity contribution in [2.75, 3.05) is 105 Å². The Morgan fingerprint density at radius 2 is 1.11 bits per heavy atom. The number of nitrogens with zero attached hydrogens (tertiary/aromatic N) is 4. The maximum atomic E-state index is 13.6. The van der Waals surface area contributed by atoms with E-state index < -0.39 is 0 Å². The van der Waals surface area contributed by atoms with Crippen molar-refractivity contribution in [1.82, 2.24) is 25.8 Å². The van der Waals surface area contributed by atoms with Gasteiger partial charge in [0.1, 0.15) is 13.2 Å². The Kier molecular flexibility index (Phi) is 21.4. The molecule has 76 heavy (non-hydrogen) atoms. The van der Waals surface area contributed by atoms with Crippen molar-refractivity contribution in [3.8, 4) is 34.8 Å². The molecule has 20 nitrogen and oxygen atoms in total. The Bertz CT molecular complexity index is 2620. The Morgan fingerprint density at radius 1 is 0.618 bits per heavy atom. The van der Waals surface area contributed by atoms with Crippen molar-refractivity contribution in [3.63, 3.8) is 0 Å². The van der Waals surface area contributed by atoms with Gasteiger partial charge >= 0.3 is 0 Å². The molecular weight excluding hydrogens is 1050 g/mol. The van der Waals surface area contributed by atoms with Crippen LogP contribution in [0.4, 0.5) is 11.4 Å². The van der Waals surface area contributed by atoms with E-state index >= 15 is 0 Å². The minimum absolute atomic E-state index is 0.0893. The second kappa shape index (κ2) is 28.7. The molecule has 0 spiro atoms. The van der Waals surface area contributed by atoms with E-state index in [0.29, 0.717) is 130 Å². The van der Waals surface area contributed by atoms with Gasteiger partial charge in [-0.1, -0.05) is 52.1 Å². The summed E-state index contributed by atoms with van der Waals surface area (Å²) in [5.41, 5.74) is 5.87. The highest BCUT2D eigenvalue weighted by molar-refractivity contribution is 9.09. The zero-order valence-electron chi connectivity index (χ0n) is 42.9. The summed E-state index contributed by atoms with van der Waals surface area (Å²) < 4.78 is 46.2. The van der Waals surface area contributed by atoms with Gasteiger partial charge in [0, 0.05) is 69.1 Å². The zero-order valence-corrected chi connectivity index (χ0v) is 44.5. The summed E-state index contributed by atoms with van der Waals surface area (Å²) in [6.45, 7) is 12.7. The number of ether oxygens (including phenoxy) is 8. The van der Waals surface area contributed by atoms with Gasteiger partial charge in [0.2, 0.25) is 17.7 Å². The fourth-order valence-electron chi connectivity index (χ4n) is 8.55. The average molecular weight is 1110 g/mol. The number of aliphatic imine (C=N–C) groups is 2. The lowest BCUT2D eigenvalue weighted by atomic mass is 10.1. The van der Waals surface area contributed by atoms with Gasteiger partial charge in [-0.25, -0.2) is 0 Å². The first-order chi connectivity index (χ1) is 36.9. The fourth-order valence-corrected chi connectivity index (χ4v) is 8.75. The second-order valence-electron chi connectivity index (χ2n) is 18.0. The fraction of sp³-hybridized carbons (Fsp3) is 0.436. The molecular formula is C55H64BrN7O13. The van der Waals surface area contributed by atoms with Crippen molar-refractivity contribution in [3.05, 3.63) is 94.6 Å². The quantitative estimate of drug-likeness (QED) is 0.0386.